The van der Waals surface area contributed by atoms with Crippen LogP contribution in [0.1, 0.15) is 16.1 Å². The molecule has 1 aromatic heterocycles. The molecule has 0 radical (unpaired) electrons. The molecule has 8 heteroatoms. The third kappa shape index (κ3) is 4.65. The van der Waals surface area contributed by atoms with Crippen LogP contribution in [-0.4, -0.2) is 26.6 Å². The molecular formula is C14H13Br2NO3S2. The number of nitrogens with one attached hydrogen (secondary N) is 1. The standard InChI is InChI=1S/C14H13Br2NO3S2/c15-11-9-12(21-13(11)16)14(18)17-7-4-8-22(19,20)10-5-2-1-3-6-10/h1-3,5-6,9H,4,7-8H2,(H,17,18). The highest BCUT2D eigenvalue weighted by Gasteiger charge is 2.15. The van der Waals surface area contributed by atoms with E-state index in [1.165, 1.54) is 11.3 Å². The minimum absolute atomic E-state index is 0.00905. The Morgan fingerprint density at radius 2 is 1.86 bits per heavy atom. The zero-order valence-corrected chi connectivity index (χ0v) is 16.2. The first-order chi connectivity index (χ1) is 10.4. The maximum absolute atomic E-state index is 12.1. The van der Waals surface area contributed by atoms with Gasteiger partial charge in [-0.1, -0.05) is 18.2 Å². The summed E-state index contributed by atoms with van der Waals surface area (Å²) in [6.07, 6.45) is 0.372. The van der Waals surface area contributed by atoms with Gasteiger partial charge in [-0.15, -0.1) is 11.3 Å². The quantitative estimate of drug-likeness (QED) is 0.657. The number of sulfone groups is 1. The van der Waals surface area contributed by atoms with E-state index in [0.29, 0.717) is 22.7 Å². The van der Waals surface area contributed by atoms with Gasteiger partial charge in [-0.2, -0.15) is 0 Å². The SMILES string of the molecule is O=C(NCCCS(=O)(=O)c1ccccc1)c1cc(Br)c(Br)s1. The maximum atomic E-state index is 12.1. The monoisotopic (exact) mass is 465 g/mol. The van der Waals surface area contributed by atoms with Crippen molar-refractivity contribution in [2.24, 2.45) is 0 Å². The summed E-state index contributed by atoms with van der Waals surface area (Å²) < 4.78 is 25.8. The average Bonchev–Trinajstić information content (AvgIpc) is 2.84. The lowest BCUT2D eigenvalue weighted by Gasteiger charge is -2.05. The van der Waals surface area contributed by atoms with Crippen LogP contribution in [0.3, 0.4) is 0 Å². The maximum Gasteiger partial charge on any atom is 0.261 e. The van der Waals surface area contributed by atoms with Crippen LogP contribution in [0.4, 0.5) is 0 Å². The Hall–Kier alpha value is -0.700. The normalized spacial score (nSPS) is 11.4. The molecule has 2 aromatic rings. The fourth-order valence-electron chi connectivity index (χ4n) is 1.76. The van der Waals surface area contributed by atoms with Gasteiger partial charge in [-0.3, -0.25) is 4.79 Å². The van der Waals surface area contributed by atoms with Crippen molar-refractivity contribution in [3.05, 3.63) is 49.5 Å². The second kappa shape index (κ2) is 7.72. The van der Waals surface area contributed by atoms with Crippen molar-refractivity contribution < 1.29 is 13.2 Å². The van der Waals surface area contributed by atoms with Crippen LogP contribution in [0.25, 0.3) is 0 Å². The topological polar surface area (TPSA) is 63.2 Å². The molecule has 0 unspecified atom stereocenters. The first-order valence-electron chi connectivity index (χ1n) is 6.41. The summed E-state index contributed by atoms with van der Waals surface area (Å²) in [7, 11) is -3.29. The van der Waals surface area contributed by atoms with Crippen molar-refractivity contribution in [3.8, 4) is 0 Å². The van der Waals surface area contributed by atoms with Crippen molar-refractivity contribution >= 4 is 58.9 Å². The molecule has 22 heavy (non-hydrogen) atoms. The molecule has 0 aliphatic carbocycles. The van der Waals surface area contributed by atoms with Gasteiger partial charge in [-0.05, 0) is 56.5 Å². The van der Waals surface area contributed by atoms with Gasteiger partial charge in [0.15, 0.2) is 9.84 Å². The van der Waals surface area contributed by atoms with Crippen LogP contribution in [0.15, 0.2) is 49.6 Å². The van der Waals surface area contributed by atoms with Crippen molar-refractivity contribution in [3.63, 3.8) is 0 Å². The highest BCUT2D eigenvalue weighted by molar-refractivity contribution is 9.13. The predicted octanol–water partition coefficient (Wildman–Crippen LogP) is 3.87. The van der Waals surface area contributed by atoms with Crippen LogP contribution in [0.2, 0.25) is 0 Å². The third-order valence-electron chi connectivity index (χ3n) is 2.85. The summed E-state index contributed by atoms with van der Waals surface area (Å²) in [6.45, 7) is 0.317. The van der Waals surface area contributed by atoms with Gasteiger partial charge in [0.1, 0.15) is 0 Å². The van der Waals surface area contributed by atoms with Gasteiger partial charge in [0.2, 0.25) is 0 Å². The second-order valence-corrected chi connectivity index (χ2v) is 9.81. The lowest BCUT2D eigenvalue weighted by atomic mass is 10.4. The molecule has 0 spiro atoms. The summed E-state index contributed by atoms with van der Waals surface area (Å²) in [5.41, 5.74) is 0. The molecule has 118 valence electrons. The summed E-state index contributed by atoms with van der Waals surface area (Å²) in [5, 5.41) is 2.73. The summed E-state index contributed by atoms with van der Waals surface area (Å²) >= 11 is 7.98. The summed E-state index contributed by atoms with van der Waals surface area (Å²) in [6, 6.07) is 10.0. The Kier molecular flexibility index (Phi) is 6.19. The molecule has 0 aliphatic rings. The average molecular weight is 467 g/mol. The van der Waals surface area contributed by atoms with Crippen molar-refractivity contribution in [1.29, 1.82) is 0 Å². The summed E-state index contributed by atoms with van der Waals surface area (Å²) in [4.78, 5) is 12.8. The Labute approximate surface area is 150 Å². The number of halogens is 2. The van der Waals surface area contributed by atoms with Crippen molar-refractivity contribution in [1.82, 2.24) is 5.32 Å². The fourth-order valence-corrected chi connectivity index (χ4v) is 5.04. The number of carbonyl (C=O) groups excluding carboxylic acids is 1. The Morgan fingerprint density at radius 3 is 2.45 bits per heavy atom. The molecule has 1 aromatic carbocycles. The number of hydrogen-bond acceptors (Lipinski definition) is 4. The Balaban J connectivity index is 1.83. The number of rotatable bonds is 6. The van der Waals surface area contributed by atoms with E-state index in [2.05, 4.69) is 37.2 Å². The highest BCUT2D eigenvalue weighted by atomic mass is 79.9. The predicted molar refractivity (Wildman–Crippen MR) is 95.2 cm³/mol. The first-order valence-corrected chi connectivity index (χ1v) is 10.5. The van der Waals surface area contributed by atoms with Crippen molar-refractivity contribution in [2.45, 2.75) is 11.3 Å². The smallest absolute Gasteiger partial charge is 0.261 e. The Bertz CT molecular complexity index is 738. The zero-order chi connectivity index (χ0) is 16.2. The van der Waals surface area contributed by atoms with E-state index in [1.54, 1.807) is 36.4 Å². The van der Waals surface area contributed by atoms with Crippen molar-refractivity contribution in [2.75, 3.05) is 12.3 Å². The third-order valence-corrected chi connectivity index (χ3v) is 7.92. The molecular weight excluding hydrogens is 454 g/mol. The molecule has 0 saturated heterocycles. The van der Waals surface area contributed by atoms with E-state index >= 15 is 0 Å². The molecule has 0 bridgehead atoms. The minimum atomic E-state index is -3.29. The zero-order valence-electron chi connectivity index (χ0n) is 11.4. The van der Waals surface area contributed by atoms with E-state index in [9.17, 15) is 13.2 Å². The molecule has 4 nitrogen and oxygen atoms in total. The largest absolute Gasteiger partial charge is 0.351 e. The number of hydrogen-bond donors (Lipinski definition) is 1. The van der Waals surface area contributed by atoms with E-state index in [0.717, 1.165) is 8.26 Å². The molecule has 0 aliphatic heterocycles. The molecule has 0 atom stereocenters. The van der Waals surface area contributed by atoms with Crippen LogP contribution in [-0.2, 0) is 9.84 Å². The van der Waals surface area contributed by atoms with Crippen LogP contribution >= 0.6 is 43.2 Å². The van der Waals surface area contributed by atoms with E-state index < -0.39 is 9.84 Å². The van der Waals surface area contributed by atoms with E-state index in [1.807, 2.05) is 0 Å². The van der Waals surface area contributed by atoms with Gasteiger partial charge < -0.3 is 5.32 Å². The first kappa shape index (κ1) is 17.7. The highest BCUT2D eigenvalue weighted by Crippen LogP contribution is 2.32. The lowest BCUT2D eigenvalue weighted by Crippen LogP contribution is -2.25. The molecule has 1 amide bonds. The summed E-state index contributed by atoms with van der Waals surface area (Å²) in [5.74, 6) is -0.191. The number of carbonyl (C=O) groups is 1. The Morgan fingerprint density at radius 1 is 1.18 bits per heavy atom. The molecule has 2 rings (SSSR count). The molecule has 0 fully saturated rings. The fraction of sp³-hybridized carbons (Fsp3) is 0.214. The van der Waals surface area contributed by atoms with Crippen LogP contribution in [0, 0.1) is 0 Å². The van der Waals surface area contributed by atoms with Crippen LogP contribution in [0.5, 0.6) is 0 Å². The lowest BCUT2D eigenvalue weighted by molar-refractivity contribution is 0.0957. The van der Waals surface area contributed by atoms with Gasteiger partial charge >= 0.3 is 0 Å². The number of amides is 1. The van der Waals surface area contributed by atoms with Gasteiger partial charge in [0.25, 0.3) is 5.91 Å². The minimum Gasteiger partial charge on any atom is -0.351 e. The molecule has 1 N–H and O–H groups in total. The van der Waals surface area contributed by atoms with Gasteiger partial charge in [0, 0.05) is 11.0 Å². The molecule has 0 saturated carbocycles. The number of benzene rings is 1. The number of thiophene rings is 1. The van der Waals surface area contributed by atoms with E-state index in [4.69, 9.17) is 0 Å². The molecule has 1 heterocycles. The van der Waals surface area contributed by atoms with Crippen LogP contribution < -0.4 is 5.32 Å². The van der Waals surface area contributed by atoms with E-state index in [-0.39, 0.29) is 11.7 Å². The van der Waals surface area contributed by atoms with Gasteiger partial charge in [-0.25, -0.2) is 8.42 Å². The van der Waals surface area contributed by atoms with Gasteiger partial charge in [0.05, 0.1) is 19.3 Å². The second-order valence-electron chi connectivity index (χ2n) is 4.47.